The zero-order valence-electron chi connectivity index (χ0n) is 8.26. The van der Waals surface area contributed by atoms with Crippen molar-refractivity contribution in [3.8, 4) is 0 Å². The third kappa shape index (κ3) is 2.63. The van der Waals surface area contributed by atoms with Crippen LogP contribution in [0.1, 0.15) is 10.8 Å². The van der Waals surface area contributed by atoms with Crippen LogP contribution in [0.4, 0.5) is 5.82 Å². The number of nitrogens with zero attached hydrogens (tertiary/aromatic N) is 4. The molecule has 0 aliphatic carbocycles. The molecule has 0 bridgehead atoms. The molecule has 7 heteroatoms. The van der Waals surface area contributed by atoms with Crippen molar-refractivity contribution in [3.63, 3.8) is 0 Å². The van der Waals surface area contributed by atoms with Gasteiger partial charge in [-0.05, 0) is 25.6 Å². The monoisotopic (exact) mass is 239 g/mol. The molecular weight excluding hydrogens is 230 g/mol. The van der Waals surface area contributed by atoms with Crippen molar-refractivity contribution >= 4 is 28.9 Å². The largest absolute Gasteiger partial charge is 0.384 e. The molecule has 0 aromatic carbocycles. The predicted octanol–water partition coefficient (Wildman–Crippen LogP) is 1.68. The Hall–Kier alpha value is -1.21. The first-order valence-corrected chi connectivity index (χ1v) is 5.86. The van der Waals surface area contributed by atoms with Gasteiger partial charge in [0, 0.05) is 6.07 Å². The first-order valence-electron chi connectivity index (χ1n) is 4.22. The molecule has 0 aliphatic rings. The Kier molecular flexibility index (Phi) is 2.83. The highest BCUT2D eigenvalue weighted by Gasteiger charge is 2.06. The molecule has 0 saturated carbocycles. The summed E-state index contributed by atoms with van der Waals surface area (Å²) in [6, 6.07) is 1.73. The SMILES string of the molecule is Cc1nc(N)cc(Sc2nnc(C)s2)n1. The Bertz CT molecular complexity index is 461. The van der Waals surface area contributed by atoms with Gasteiger partial charge in [-0.3, -0.25) is 0 Å². The van der Waals surface area contributed by atoms with E-state index in [0.29, 0.717) is 11.6 Å². The summed E-state index contributed by atoms with van der Waals surface area (Å²) in [6.07, 6.45) is 0. The average Bonchev–Trinajstić information content (AvgIpc) is 2.49. The van der Waals surface area contributed by atoms with Crippen LogP contribution >= 0.6 is 23.1 Å². The molecule has 2 rings (SSSR count). The number of hydrogen-bond acceptors (Lipinski definition) is 7. The molecule has 0 spiro atoms. The fourth-order valence-electron chi connectivity index (χ4n) is 1.02. The summed E-state index contributed by atoms with van der Waals surface area (Å²) in [4.78, 5) is 8.25. The first-order chi connectivity index (χ1) is 7.13. The van der Waals surface area contributed by atoms with E-state index in [4.69, 9.17) is 5.73 Å². The zero-order chi connectivity index (χ0) is 10.8. The van der Waals surface area contributed by atoms with E-state index in [-0.39, 0.29) is 0 Å². The molecule has 0 radical (unpaired) electrons. The maximum absolute atomic E-state index is 5.62. The molecule has 0 amide bonds. The van der Waals surface area contributed by atoms with Gasteiger partial charge in [0.05, 0.1) is 0 Å². The van der Waals surface area contributed by atoms with Gasteiger partial charge in [0.15, 0.2) is 4.34 Å². The van der Waals surface area contributed by atoms with E-state index in [1.54, 1.807) is 6.07 Å². The molecule has 2 N–H and O–H groups in total. The third-order valence-corrected chi connectivity index (χ3v) is 3.34. The second-order valence-electron chi connectivity index (χ2n) is 2.87. The molecule has 2 heterocycles. The van der Waals surface area contributed by atoms with E-state index in [2.05, 4.69) is 20.2 Å². The summed E-state index contributed by atoms with van der Waals surface area (Å²) in [5.41, 5.74) is 5.62. The van der Waals surface area contributed by atoms with Gasteiger partial charge in [0.1, 0.15) is 21.7 Å². The lowest BCUT2D eigenvalue weighted by Gasteiger charge is -1.99. The molecule has 0 aliphatic heterocycles. The van der Waals surface area contributed by atoms with Gasteiger partial charge in [-0.25, -0.2) is 9.97 Å². The molecule has 5 nitrogen and oxygen atoms in total. The summed E-state index contributed by atoms with van der Waals surface area (Å²) < 4.78 is 0.866. The van der Waals surface area contributed by atoms with E-state index < -0.39 is 0 Å². The number of nitrogen functional groups attached to an aromatic ring is 1. The van der Waals surface area contributed by atoms with Gasteiger partial charge in [0.2, 0.25) is 0 Å². The highest BCUT2D eigenvalue weighted by Crippen LogP contribution is 2.28. The fraction of sp³-hybridized carbons (Fsp3) is 0.250. The van der Waals surface area contributed by atoms with Crippen molar-refractivity contribution in [2.45, 2.75) is 23.2 Å². The Morgan fingerprint density at radius 1 is 1.27 bits per heavy atom. The van der Waals surface area contributed by atoms with Crippen LogP contribution in [-0.2, 0) is 0 Å². The maximum atomic E-state index is 5.62. The van der Waals surface area contributed by atoms with Gasteiger partial charge in [-0.1, -0.05) is 11.3 Å². The van der Waals surface area contributed by atoms with Crippen molar-refractivity contribution in [1.82, 2.24) is 20.2 Å². The van der Waals surface area contributed by atoms with E-state index in [9.17, 15) is 0 Å². The first kappa shape index (κ1) is 10.3. The number of anilines is 1. The Labute approximate surface area is 95.2 Å². The van der Waals surface area contributed by atoms with E-state index in [1.807, 2.05) is 13.8 Å². The summed E-state index contributed by atoms with van der Waals surface area (Å²) in [7, 11) is 0. The molecule has 0 saturated heterocycles. The molecule has 0 unspecified atom stereocenters. The molecule has 0 fully saturated rings. The molecule has 2 aromatic rings. The average molecular weight is 239 g/mol. The van der Waals surface area contributed by atoms with Gasteiger partial charge in [-0.2, -0.15) is 0 Å². The van der Waals surface area contributed by atoms with Gasteiger partial charge in [-0.15, -0.1) is 10.2 Å². The van der Waals surface area contributed by atoms with Gasteiger partial charge >= 0.3 is 0 Å². The van der Waals surface area contributed by atoms with Crippen molar-refractivity contribution < 1.29 is 0 Å². The predicted molar refractivity (Wildman–Crippen MR) is 60.0 cm³/mol. The summed E-state index contributed by atoms with van der Waals surface area (Å²) in [5.74, 6) is 1.14. The molecule has 78 valence electrons. The van der Waals surface area contributed by atoms with Crippen LogP contribution in [0, 0.1) is 13.8 Å². The minimum Gasteiger partial charge on any atom is -0.384 e. The smallest absolute Gasteiger partial charge is 0.180 e. The maximum Gasteiger partial charge on any atom is 0.180 e. The van der Waals surface area contributed by atoms with Crippen molar-refractivity contribution in [3.05, 3.63) is 16.9 Å². The fourth-order valence-corrected chi connectivity index (χ4v) is 2.84. The second kappa shape index (κ2) is 4.11. The Balaban J connectivity index is 2.24. The number of aryl methyl sites for hydroxylation is 2. The summed E-state index contributed by atoms with van der Waals surface area (Å²) in [6.45, 7) is 3.73. The second-order valence-corrected chi connectivity index (χ2v) is 5.32. The van der Waals surface area contributed by atoms with Crippen LogP contribution in [-0.4, -0.2) is 20.2 Å². The molecule has 0 atom stereocenters. The lowest BCUT2D eigenvalue weighted by atomic mass is 10.5. The number of nitrogens with two attached hydrogens (primary N) is 1. The van der Waals surface area contributed by atoms with Crippen molar-refractivity contribution in [2.75, 3.05) is 5.73 Å². The zero-order valence-corrected chi connectivity index (χ0v) is 9.89. The lowest BCUT2D eigenvalue weighted by molar-refractivity contribution is 0.959. The molecule has 15 heavy (non-hydrogen) atoms. The Morgan fingerprint density at radius 2 is 2.07 bits per heavy atom. The van der Waals surface area contributed by atoms with Crippen LogP contribution in [0.2, 0.25) is 0 Å². The molecule has 2 aromatic heterocycles. The van der Waals surface area contributed by atoms with Crippen molar-refractivity contribution in [2.24, 2.45) is 0 Å². The van der Waals surface area contributed by atoms with Crippen LogP contribution < -0.4 is 5.73 Å². The summed E-state index contributed by atoms with van der Waals surface area (Å²) in [5, 5.41) is 9.67. The van der Waals surface area contributed by atoms with Crippen molar-refractivity contribution in [1.29, 1.82) is 0 Å². The highest BCUT2D eigenvalue weighted by atomic mass is 32.2. The molecular formula is C8H9N5S2. The number of hydrogen-bond donors (Lipinski definition) is 1. The topological polar surface area (TPSA) is 77.6 Å². The lowest BCUT2D eigenvalue weighted by Crippen LogP contribution is -1.96. The number of aromatic nitrogens is 4. The van der Waals surface area contributed by atoms with Crippen LogP contribution in [0.25, 0.3) is 0 Å². The Morgan fingerprint density at radius 3 is 2.67 bits per heavy atom. The normalized spacial score (nSPS) is 10.5. The third-order valence-electron chi connectivity index (χ3n) is 1.53. The quantitative estimate of drug-likeness (QED) is 0.803. The van der Waals surface area contributed by atoms with Gasteiger partial charge in [0.25, 0.3) is 0 Å². The standard InChI is InChI=1S/C8H9N5S2/c1-4-10-6(9)3-7(11-4)15-8-13-12-5(2)14-8/h3H,1-2H3,(H2,9,10,11). The highest BCUT2D eigenvalue weighted by molar-refractivity contribution is 8.01. The van der Waals surface area contributed by atoms with Crippen LogP contribution in [0.15, 0.2) is 15.4 Å². The number of rotatable bonds is 2. The van der Waals surface area contributed by atoms with Crippen LogP contribution in [0.5, 0.6) is 0 Å². The van der Waals surface area contributed by atoms with E-state index in [1.165, 1.54) is 23.1 Å². The summed E-state index contributed by atoms with van der Waals surface area (Å²) >= 11 is 2.98. The van der Waals surface area contributed by atoms with E-state index in [0.717, 1.165) is 14.4 Å². The van der Waals surface area contributed by atoms with Crippen LogP contribution in [0.3, 0.4) is 0 Å². The minimum atomic E-state index is 0.478. The van der Waals surface area contributed by atoms with E-state index >= 15 is 0 Å². The van der Waals surface area contributed by atoms with Gasteiger partial charge < -0.3 is 5.73 Å². The minimum absolute atomic E-state index is 0.478.